The molecule has 2 aliphatic heterocycles. The highest BCUT2D eigenvalue weighted by molar-refractivity contribution is 6.30. The molecule has 2 atom stereocenters. The monoisotopic (exact) mass is 607 g/mol. The number of ether oxygens (including phenoxy) is 1. The van der Waals surface area contributed by atoms with Crippen molar-refractivity contribution in [1.82, 2.24) is 20.1 Å². The van der Waals surface area contributed by atoms with E-state index in [1.54, 1.807) is 30.3 Å². The third kappa shape index (κ3) is 6.54. The number of rotatable bonds is 7. The summed E-state index contributed by atoms with van der Waals surface area (Å²) in [5.74, 6) is -1.50. The van der Waals surface area contributed by atoms with Crippen molar-refractivity contribution in [2.45, 2.75) is 44.9 Å². The lowest BCUT2D eigenvalue weighted by Crippen LogP contribution is -2.55. The van der Waals surface area contributed by atoms with Crippen LogP contribution in [0.4, 0.5) is 4.79 Å². The highest BCUT2D eigenvalue weighted by atomic mass is 35.5. The molecule has 0 bridgehead atoms. The van der Waals surface area contributed by atoms with Crippen molar-refractivity contribution in [2.75, 3.05) is 19.6 Å². The van der Waals surface area contributed by atoms with Gasteiger partial charge in [-0.3, -0.25) is 24.3 Å². The van der Waals surface area contributed by atoms with Crippen molar-refractivity contribution in [3.05, 3.63) is 82.5 Å². The second kappa shape index (κ2) is 11.9. The molecule has 0 unspecified atom stereocenters. The summed E-state index contributed by atoms with van der Waals surface area (Å²) in [5, 5.41) is 12.4. The van der Waals surface area contributed by atoms with E-state index in [1.165, 1.54) is 34.4 Å². The van der Waals surface area contributed by atoms with E-state index < -0.39 is 41.9 Å². The zero-order valence-corrected chi connectivity index (χ0v) is 24.5. The first-order valence-corrected chi connectivity index (χ1v) is 13.9. The second-order valence-electron chi connectivity index (χ2n) is 11.1. The van der Waals surface area contributed by atoms with Crippen molar-refractivity contribution in [3.63, 3.8) is 0 Å². The molecule has 3 heterocycles. The maximum absolute atomic E-state index is 14.3. The second-order valence-corrected chi connectivity index (χ2v) is 11.5. The SMILES string of the molecule is CC(C)(C)Oc1cc(C(=O)CC(=O)O)ccc1C1=N[C@@H](c2ccc(Cl)cc2)[C@@H](c2ncco2)N1C(=O)N1CCNC(=O)C1. The molecule has 3 aromatic rings. The molecule has 2 aliphatic rings. The number of carboxylic acid groups (broad SMARTS) is 1. The fourth-order valence-corrected chi connectivity index (χ4v) is 5.10. The Morgan fingerprint density at radius 2 is 1.91 bits per heavy atom. The van der Waals surface area contributed by atoms with Crippen LogP contribution in [0.3, 0.4) is 0 Å². The summed E-state index contributed by atoms with van der Waals surface area (Å²) in [6.07, 6.45) is 2.18. The van der Waals surface area contributed by atoms with Gasteiger partial charge in [0.15, 0.2) is 5.78 Å². The molecule has 1 saturated heterocycles. The Bertz CT molecular complexity index is 1580. The Morgan fingerprint density at radius 3 is 2.53 bits per heavy atom. The number of ketones is 1. The van der Waals surface area contributed by atoms with Crippen LogP contribution in [0, 0.1) is 0 Å². The van der Waals surface area contributed by atoms with Crippen molar-refractivity contribution in [1.29, 1.82) is 0 Å². The van der Waals surface area contributed by atoms with E-state index in [0.717, 1.165) is 5.56 Å². The third-order valence-electron chi connectivity index (χ3n) is 6.77. The van der Waals surface area contributed by atoms with E-state index in [4.69, 9.17) is 30.9 Å². The van der Waals surface area contributed by atoms with E-state index in [9.17, 15) is 19.2 Å². The van der Waals surface area contributed by atoms with Crippen molar-refractivity contribution < 1.29 is 33.4 Å². The summed E-state index contributed by atoms with van der Waals surface area (Å²) in [6, 6.07) is 9.51. The van der Waals surface area contributed by atoms with Gasteiger partial charge in [0, 0.05) is 23.7 Å². The number of nitrogens with zero attached hydrogens (tertiary/aromatic N) is 4. The summed E-state index contributed by atoms with van der Waals surface area (Å²) in [5.41, 5.74) is 0.501. The zero-order chi connectivity index (χ0) is 30.9. The lowest BCUT2D eigenvalue weighted by molar-refractivity contribution is -0.136. The minimum Gasteiger partial charge on any atom is -0.487 e. The van der Waals surface area contributed by atoms with E-state index in [-0.39, 0.29) is 48.6 Å². The van der Waals surface area contributed by atoms with Gasteiger partial charge in [-0.1, -0.05) is 29.8 Å². The molecule has 1 fully saturated rings. The number of aliphatic imine (C=N–C) groups is 1. The topological polar surface area (TPSA) is 155 Å². The summed E-state index contributed by atoms with van der Waals surface area (Å²) in [7, 11) is 0. The molecule has 3 amide bonds. The van der Waals surface area contributed by atoms with Crippen LogP contribution in [0.5, 0.6) is 5.75 Å². The number of carbonyl (C=O) groups excluding carboxylic acids is 3. The number of amidine groups is 1. The number of halogens is 1. The number of amides is 3. The van der Waals surface area contributed by atoms with Crippen LogP contribution >= 0.6 is 11.6 Å². The number of carboxylic acids is 1. The third-order valence-corrected chi connectivity index (χ3v) is 7.02. The van der Waals surface area contributed by atoms with Crippen molar-refractivity contribution >= 4 is 41.1 Å². The number of aromatic nitrogens is 1. The van der Waals surface area contributed by atoms with Gasteiger partial charge < -0.3 is 24.5 Å². The molecule has 2 aromatic carbocycles. The van der Waals surface area contributed by atoms with Crippen molar-refractivity contribution in [2.24, 2.45) is 4.99 Å². The Labute approximate surface area is 252 Å². The number of Topliss-reactive ketones (excluding diaryl/α,β-unsaturated/α-hetero) is 1. The number of hydrogen-bond donors (Lipinski definition) is 2. The number of aliphatic carboxylic acids is 1. The molecule has 1 aromatic heterocycles. The average Bonchev–Trinajstić information content (AvgIpc) is 3.60. The van der Waals surface area contributed by atoms with Crippen molar-refractivity contribution in [3.8, 4) is 5.75 Å². The lowest BCUT2D eigenvalue weighted by atomic mass is 9.99. The van der Waals surface area contributed by atoms with Crippen LogP contribution in [0.25, 0.3) is 0 Å². The van der Waals surface area contributed by atoms with E-state index >= 15 is 0 Å². The first-order chi connectivity index (χ1) is 20.4. The highest BCUT2D eigenvalue weighted by Crippen LogP contribution is 2.45. The normalized spacial score (nSPS) is 18.7. The average molecular weight is 608 g/mol. The quantitative estimate of drug-likeness (QED) is 0.298. The van der Waals surface area contributed by atoms with Crippen LogP contribution in [-0.2, 0) is 9.59 Å². The van der Waals surface area contributed by atoms with Gasteiger partial charge in [0.05, 0.1) is 11.8 Å². The fraction of sp³-hybridized carbons (Fsp3) is 0.333. The maximum atomic E-state index is 14.3. The molecule has 0 aliphatic carbocycles. The fourth-order valence-electron chi connectivity index (χ4n) is 4.98. The molecular weight excluding hydrogens is 578 g/mol. The van der Waals surface area contributed by atoms with E-state index in [2.05, 4.69) is 10.3 Å². The smallest absolute Gasteiger partial charge is 0.327 e. The van der Waals surface area contributed by atoms with Gasteiger partial charge >= 0.3 is 12.0 Å². The standard InChI is InChI=1S/C30H30ClN5O7/c1-30(2,3)43-22-14-18(21(37)15-24(39)40)6-9-20(22)27-34-25(17-4-7-19(31)8-5-17)26(28-33-11-13-42-28)36(27)29(41)35-12-10-32-23(38)16-35/h4-9,11,13-14,25-26H,10,12,15-16H2,1-3H3,(H,32,38)(H,39,40)/t25-,26-/m0/s1. The largest absolute Gasteiger partial charge is 0.487 e. The molecule has 13 heteroatoms. The summed E-state index contributed by atoms with van der Waals surface area (Å²) in [6.45, 7) is 5.86. The van der Waals surface area contributed by atoms with Gasteiger partial charge in [0.2, 0.25) is 11.8 Å². The molecule has 12 nitrogen and oxygen atoms in total. The van der Waals surface area contributed by atoms with Crippen LogP contribution in [0.2, 0.25) is 5.02 Å². The first kappa shape index (κ1) is 29.8. The molecule has 0 saturated carbocycles. The maximum Gasteiger partial charge on any atom is 0.327 e. The minimum atomic E-state index is -1.26. The van der Waals surface area contributed by atoms with Crippen LogP contribution in [0.15, 0.2) is 64.3 Å². The molecule has 5 rings (SSSR count). The van der Waals surface area contributed by atoms with Gasteiger partial charge in [-0.25, -0.2) is 9.78 Å². The molecule has 43 heavy (non-hydrogen) atoms. The summed E-state index contributed by atoms with van der Waals surface area (Å²) in [4.78, 5) is 62.7. The predicted molar refractivity (Wildman–Crippen MR) is 155 cm³/mol. The van der Waals surface area contributed by atoms with E-state index in [0.29, 0.717) is 10.6 Å². The Kier molecular flexibility index (Phi) is 8.23. The summed E-state index contributed by atoms with van der Waals surface area (Å²) >= 11 is 6.17. The number of urea groups is 1. The Balaban J connectivity index is 1.69. The van der Waals surface area contributed by atoms with Gasteiger partial charge in [0.25, 0.3) is 0 Å². The zero-order valence-electron chi connectivity index (χ0n) is 23.7. The van der Waals surface area contributed by atoms with Gasteiger partial charge in [-0.2, -0.15) is 0 Å². The Hall–Kier alpha value is -4.71. The van der Waals surface area contributed by atoms with Crippen LogP contribution in [0.1, 0.15) is 66.7 Å². The summed E-state index contributed by atoms with van der Waals surface area (Å²) < 4.78 is 12.0. The molecule has 2 N–H and O–H groups in total. The molecular formula is C30H30ClN5O7. The predicted octanol–water partition coefficient (Wildman–Crippen LogP) is 4.26. The number of nitrogens with one attached hydrogen (secondary N) is 1. The van der Waals surface area contributed by atoms with E-state index in [1.807, 2.05) is 20.8 Å². The number of oxazole rings is 1. The van der Waals surface area contributed by atoms with Crippen LogP contribution < -0.4 is 10.1 Å². The van der Waals surface area contributed by atoms with Gasteiger partial charge in [-0.05, 0) is 50.6 Å². The number of piperazine rings is 1. The molecule has 224 valence electrons. The molecule has 0 radical (unpaired) electrons. The van der Waals surface area contributed by atoms with Gasteiger partial charge in [-0.15, -0.1) is 0 Å². The Morgan fingerprint density at radius 1 is 1.16 bits per heavy atom. The highest BCUT2D eigenvalue weighted by Gasteiger charge is 2.47. The van der Waals surface area contributed by atoms with Crippen LogP contribution in [-0.4, -0.2) is 74.7 Å². The lowest BCUT2D eigenvalue weighted by Gasteiger charge is -2.34. The first-order valence-electron chi connectivity index (χ1n) is 13.6. The molecule has 0 spiro atoms. The minimum absolute atomic E-state index is 0.132. The number of carbonyl (C=O) groups is 4. The number of benzene rings is 2. The van der Waals surface area contributed by atoms with Gasteiger partial charge in [0.1, 0.15) is 48.5 Å². The number of hydrogen-bond acceptors (Lipinski definition) is 8.